The van der Waals surface area contributed by atoms with Gasteiger partial charge in [-0.1, -0.05) is 6.42 Å². The summed E-state index contributed by atoms with van der Waals surface area (Å²) in [5, 5.41) is 3.05. The number of hydrogen-bond acceptors (Lipinski definition) is 5. The molecule has 9 heteroatoms. The second-order valence-electron chi connectivity index (χ2n) is 5.80. The van der Waals surface area contributed by atoms with Crippen LogP contribution in [0, 0.1) is 18.3 Å². The molecule has 1 aromatic carbocycles. The van der Waals surface area contributed by atoms with Crippen molar-refractivity contribution in [1.29, 1.82) is 0 Å². The lowest BCUT2D eigenvalue weighted by Gasteiger charge is -2.26. The fraction of sp³-hybridized carbons (Fsp3) is 0.294. The molecule has 0 spiro atoms. The highest BCUT2D eigenvalue weighted by molar-refractivity contribution is 9.10. The summed E-state index contributed by atoms with van der Waals surface area (Å²) in [6.07, 6.45) is 9.83. The molecule has 0 saturated carbocycles. The lowest BCUT2D eigenvalue weighted by atomic mass is 10.2. The van der Waals surface area contributed by atoms with E-state index < -0.39 is 33.7 Å². The second kappa shape index (κ2) is 8.01. The largest absolute Gasteiger partial charge is 0.464 e. The normalized spacial score (nSPS) is 13.5. The molecule has 0 aliphatic rings. The third-order valence-electron chi connectivity index (χ3n) is 3.19. The van der Waals surface area contributed by atoms with Crippen LogP contribution in [-0.2, 0) is 20.3 Å². The summed E-state index contributed by atoms with van der Waals surface area (Å²) < 4.78 is 37.3. The first-order chi connectivity index (χ1) is 12.1. The van der Waals surface area contributed by atoms with Gasteiger partial charge < -0.3 is 14.8 Å². The standard InChI is InChI=1S/C17H16BrFN2O4S/c1-5-24-17(2,3)21-15(22)16(26(4)23)25-14-7-10-6-11(18)9-20-13(10)8-12(14)19/h1,6-9,16H,2-4H3,(H,21,22). The number of fused-ring (bicyclic) bond motifs is 1. The minimum atomic E-state index is -1.75. The first kappa shape index (κ1) is 20.1. The number of hydrogen-bond donors (Lipinski definition) is 1. The Morgan fingerprint density at radius 1 is 1.46 bits per heavy atom. The average molecular weight is 443 g/mol. The smallest absolute Gasteiger partial charge is 0.277 e. The maximum atomic E-state index is 14.3. The SMILES string of the molecule is C#COC(C)(C)NC(=O)C(Oc1cc2cc(Br)cnc2cc1F)S(C)=O. The van der Waals surface area contributed by atoms with Gasteiger partial charge in [-0.25, -0.2) is 4.39 Å². The quantitative estimate of drug-likeness (QED) is 0.549. The number of carbonyl (C=O) groups excluding carboxylic acids is 1. The number of rotatable bonds is 6. The number of amides is 1. The molecular formula is C17H16BrFN2O4S. The van der Waals surface area contributed by atoms with Gasteiger partial charge in [-0.15, -0.1) is 0 Å². The molecule has 2 atom stereocenters. The van der Waals surface area contributed by atoms with Gasteiger partial charge in [0.1, 0.15) is 6.11 Å². The molecular weight excluding hydrogens is 427 g/mol. The molecule has 6 nitrogen and oxygen atoms in total. The first-order valence-electron chi connectivity index (χ1n) is 7.32. The topological polar surface area (TPSA) is 77.5 Å². The number of carbonyl (C=O) groups is 1. The van der Waals surface area contributed by atoms with E-state index in [9.17, 15) is 13.4 Å². The van der Waals surface area contributed by atoms with Gasteiger partial charge in [0.2, 0.25) is 5.44 Å². The van der Waals surface area contributed by atoms with Gasteiger partial charge in [0.15, 0.2) is 17.3 Å². The Kier molecular flexibility index (Phi) is 6.21. The maximum absolute atomic E-state index is 14.3. The first-order valence-corrected chi connectivity index (χ1v) is 9.73. The predicted octanol–water partition coefficient (Wildman–Crippen LogP) is 2.68. The van der Waals surface area contributed by atoms with Crippen LogP contribution in [0.5, 0.6) is 5.75 Å². The molecule has 138 valence electrons. The zero-order chi connectivity index (χ0) is 19.5. The van der Waals surface area contributed by atoms with Crippen LogP contribution in [0.25, 0.3) is 10.9 Å². The van der Waals surface area contributed by atoms with E-state index in [-0.39, 0.29) is 5.75 Å². The van der Waals surface area contributed by atoms with E-state index in [1.807, 2.05) is 6.11 Å². The van der Waals surface area contributed by atoms with Gasteiger partial charge in [-0.2, -0.15) is 0 Å². The minimum Gasteiger partial charge on any atom is -0.464 e. The van der Waals surface area contributed by atoms with Crippen molar-refractivity contribution >= 4 is 43.5 Å². The number of aromatic nitrogens is 1. The third kappa shape index (κ3) is 4.93. The van der Waals surface area contributed by atoms with Crippen LogP contribution in [0.3, 0.4) is 0 Å². The highest BCUT2D eigenvalue weighted by atomic mass is 79.9. The van der Waals surface area contributed by atoms with E-state index in [2.05, 4.69) is 26.2 Å². The molecule has 2 aromatic rings. The van der Waals surface area contributed by atoms with E-state index in [4.69, 9.17) is 15.9 Å². The molecule has 1 N–H and O–H groups in total. The van der Waals surface area contributed by atoms with Crippen molar-refractivity contribution in [2.45, 2.75) is 25.0 Å². The summed E-state index contributed by atoms with van der Waals surface area (Å²) in [5.74, 6) is -1.70. The molecule has 1 amide bonds. The number of terminal acetylenes is 1. The molecule has 0 aliphatic heterocycles. The maximum Gasteiger partial charge on any atom is 0.277 e. The molecule has 0 saturated heterocycles. The fourth-order valence-electron chi connectivity index (χ4n) is 2.11. The van der Waals surface area contributed by atoms with Crippen molar-refractivity contribution in [2.75, 3.05) is 6.26 Å². The lowest BCUT2D eigenvalue weighted by molar-refractivity contribution is -0.130. The number of nitrogens with one attached hydrogen (secondary N) is 1. The van der Waals surface area contributed by atoms with E-state index in [1.165, 1.54) is 38.4 Å². The summed E-state index contributed by atoms with van der Waals surface area (Å²) in [6.45, 7) is 3.03. The minimum absolute atomic E-state index is 0.219. The summed E-state index contributed by atoms with van der Waals surface area (Å²) >= 11 is 3.28. The second-order valence-corrected chi connectivity index (χ2v) is 8.14. The summed E-state index contributed by atoms with van der Waals surface area (Å²) in [7, 11) is -1.75. The third-order valence-corrected chi connectivity index (χ3v) is 4.54. The summed E-state index contributed by atoms with van der Waals surface area (Å²) in [5.41, 5.74) is -2.24. The number of pyridine rings is 1. The van der Waals surface area contributed by atoms with E-state index in [0.717, 1.165) is 0 Å². The van der Waals surface area contributed by atoms with Gasteiger partial charge in [-0.3, -0.25) is 14.0 Å². The lowest BCUT2D eigenvalue weighted by Crippen LogP contribution is -2.51. The number of halogens is 2. The summed E-state index contributed by atoms with van der Waals surface area (Å²) in [4.78, 5) is 16.5. The van der Waals surface area contributed by atoms with E-state index in [1.54, 1.807) is 6.07 Å². The van der Waals surface area contributed by atoms with Crippen LogP contribution >= 0.6 is 15.9 Å². The van der Waals surface area contributed by atoms with Crippen molar-refractivity contribution in [3.05, 3.63) is 34.7 Å². The molecule has 0 radical (unpaired) electrons. The van der Waals surface area contributed by atoms with Crippen molar-refractivity contribution in [3.63, 3.8) is 0 Å². The Bertz CT molecular complexity index is 914. The van der Waals surface area contributed by atoms with Crippen molar-refractivity contribution in [1.82, 2.24) is 10.3 Å². The zero-order valence-corrected chi connectivity index (χ0v) is 16.6. The molecule has 2 rings (SSSR count). The zero-order valence-electron chi connectivity index (χ0n) is 14.2. The Hall–Kier alpha value is -2.18. The van der Waals surface area contributed by atoms with Gasteiger partial charge >= 0.3 is 0 Å². The molecule has 0 aliphatic carbocycles. The Morgan fingerprint density at radius 2 is 2.15 bits per heavy atom. The molecule has 2 unspecified atom stereocenters. The summed E-state index contributed by atoms with van der Waals surface area (Å²) in [6, 6.07) is 4.28. The van der Waals surface area contributed by atoms with Gasteiger partial charge in [0, 0.05) is 28.4 Å². The molecule has 0 bridgehead atoms. The molecule has 26 heavy (non-hydrogen) atoms. The Labute approximate surface area is 161 Å². The van der Waals surface area contributed by atoms with Gasteiger partial charge in [-0.05, 0) is 41.9 Å². The molecule has 1 aromatic heterocycles. The molecule has 0 fully saturated rings. The van der Waals surface area contributed by atoms with Gasteiger partial charge in [0.25, 0.3) is 5.91 Å². The molecule has 1 heterocycles. The van der Waals surface area contributed by atoms with Crippen LogP contribution in [0.4, 0.5) is 4.39 Å². The predicted molar refractivity (Wildman–Crippen MR) is 100 cm³/mol. The van der Waals surface area contributed by atoms with Crippen LogP contribution in [-0.4, -0.2) is 32.5 Å². The van der Waals surface area contributed by atoms with Crippen molar-refractivity contribution < 1.29 is 22.9 Å². The van der Waals surface area contributed by atoms with Crippen molar-refractivity contribution in [3.8, 4) is 18.3 Å². The van der Waals surface area contributed by atoms with Crippen LogP contribution in [0.2, 0.25) is 0 Å². The van der Waals surface area contributed by atoms with E-state index >= 15 is 0 Å². The van der Waals surface area contributed by atoms with Crippen molar-refractivity contribution in [2.24, 2.45) is 0 Å². The van der Waals surface area contributed by atoms with Crippen LogP contribution < -0.4 is 10.1 Å². The fourth-order valence-corrected chi connectivity index (χ4v) is 3.06. The highest BCUT2D eigenvalue weighted by Crippen LogP contribution is 2.27. The van der Waals surface area contributed by atoms with Gasteiger partial charge in [0.05, 0.1) is 16.3 Å². The number of nitrogens with zero attached hydrogens (tertiary/aromatic N) is 1. The average Bonchev–Trinajstić information content (AvgIpc) is 2.52. The van der Waals surface area contributed by atoms with E-state index in [0.29, 0.717) is 15.4 Å². The Balaban J connectivity index is 2.31. The number of benzene rings is 1. The van der Waals surface area contributed by atoms with Crippen LogP contribution in [0.15, 0.2) is 28.9 Å². The number of ether oxygens (including phenoxy) is 2. The highest BCUT2D eigenvalue weighted by Gasteiger charge is 2.31. The van der Waals surface area contributed by atoms with Crippen LogP contribution in [0.1, 0.15) is 13.8 Å². The monoisotopic (exact) mass is 442 g/mol. The Morgan fingerprint density at radius 3 is 2.77 bits per heavy atom.